The van der Waals surface area contributed by atoms with Crippen LogP contribution in [0.15, 0.2) is 24.4 Å². The normalized spacial score (nSPS) is 13.2. The SMILES string of the molecule is NC(=O)c1ccc2c(c1)C[16NH]C=C2. The lowest BCUT2D eigenvalue weighted by Gasteiger charge is -2.12. The number of benzene rings is 1. The smallest absolute Gasteiger partial charge is 0.248 e. The van der Waals surface area contributed by atoms with Gasteiger partial charge in [-0.1, -0.05) is 6.07 Å². The predicted molar refractivity (Wildman–Crippen MR) is 50.8 cm³/mol. The van der Waals surface area contributed by atoms with E-state index in [0.29, 0.717) is 5.56 Å². The summed E-state index contributed by atoms with van der Waals surface area (Å²) in [7, 11) is 0. The maximum absolute atomic E-state index is 10.9. The van der Waals surface area contributed by atoms with Crippen molar-refractivity contribution in [2.45, 2.75) is 6.54 Å². The highest BCUT2D eigenvalue weighted by molar-refractivity contribution is 5.93. The van der Waals surface area contributed by atoms with E-state index in [-0.39, 0.29) is 5.91 Å². The van der Waals surface area contributed by atoms with Gasteiger partial charge in [0.05, 0.1) is 0 Å². The molecule has 0 atom stereocenters. The molecule has 2 rings (SSSR count). The van der Waals surface area contributed by atoms with Gasteiger partial charge >= 0.3 is 0 Å². The molecule has 0 saturated carbocycles. The number of nitrogens with one attached hydrogen (secondary N) is 1. The number of primary amides is 1. The van der Waals surface area contributed by atoms with Crippen LogP contribution in [0.3, 0.4) is 0 Å². The van der Waals surface area contributed by atoms with Crippen molar-refractivity contribution in [1.82, 2.24) is 5.32 Å². The van der Waals surface area contributed by atoms with Gasteiger partial charge in [-0.05, 0) is 35.5 Å². The largest absolute Gasteiger partial charge is 0.387 e. The highest BCUT2D eigenvalue weighted by Gasteiger charge is 2.06. The zero-order valence-corrected chi connectivity index (χ0v) is 7.08. The van der Waals surface area contributed by atoms with Gasteiger partial charge in [0.25, 0.3) is 0 Å². The van der Waals surface area contributed by atoms with Gasteiger partial charge in [-0.2, -0.15) is 0 Å². The van der Waals surface area contributed by atoms with E-state index in [0.717, 1.165) is 17.7 Å². The minimum atomic E-state index is -0.377. The van der Waals surface area contributed by atoms with E-state index in [2.05, 4.69) is 5.32 Å². The van der Waals surface area contributed by atoms with Crippen LogP contribution in [0.2, 0.25) is 0 Å². The van der Waals surface area contributed by atoms with Crippen molar-refractivity contribution in [2.24, 2.45) is 5.73 Å². The Hall–Kier alpha value is -1.77. The Morgan fingerprint density at radius 3 is 3.08 bits per heavy atom. The summed E-state index contributed by atoms with van der Waals surface area (Å²) in [6.07, 6.45) is 3.87. The van der Waals surface area contributed by atoms with Crippen molar-refractivity contribution in [2.75, 3.05) is 0 Å². The van der Waals surface area contributed by atoms with Crippen molar-refractivity contribution in [3.8, 4) is 0 Å². The van der Waals surface area contributed by atoms with Gasteiger partial charge in [0.15, 0.2) is 0 Å². The number of carbonyl (C=O) groups is 1. The van der Waals surface area contributed by atoms with Crippen LogP contribution in [0.1, 0.15) is 21.5 Å². The Morgan fingerprint density at radius 1 is 1.46 bits per heavy atom. The molecule has 13 heavy (non-hydrogen) atoms. The van der Waals surface area contributed by atoms with Crippen LogP contribution in [0.5, 0.6) is 0 Å². The van der Waals surface area contributed by atoms with Crippen LogP contribution < -0.4 is 11.1 Å². The molecule has 3 N–H and O–H groups in total. The molecule has 1 amide bonds. The second kappa shape index (κ2) is 2.94. The number of hydrogen-bond donors (Lipinski definition) is 2. The monoisotopic (exact) mass is 176 g/mol. The number of rotatable bonds is 1. The lowest BCUT2D eigenvalue weighted by atomic mass is 10.0. The molecule has 1 aromatic rings. The number of hydrogen-bond acceptors (Lipinski definition) is 2. The third-order valence-electron chi connectivity index (χ3n) is 2.10. The summed E-state index contributed by atoms with van der Waals surface area (Å²) in [6, 6.07) is 5.48. The van der Waals surface area contributed by atoms with Crippen LogP contribution in [0.25, 0.3) is 6.08 Å². The zero-order valence-electron chi connectivity index (χ0n) is 7.08. The van der Waals surface area contributed by atoms with Gasteiger partial charge in [0.1, 0.15) is 0 Å². The van der Waals surface area contributed by atoms with Crippen molar-refractivity contribution >= 4 is 12.0 Å². The third-order valence-corrected chi connectivity index (χ3v) is 2.10. The molecule has 66 valence electrons. The van der Waals surface area contributed by atoms with E-state index in [1.165, 1.54) is 0 Å². The molecule has 3 nitrogen and oxygen atoms in total. The summed E-state index contributed by atoms with van der Waals surface area (Å²) >= 11 is 0. The molecular weight excluding hydrogens is 166 g/mol. The van der Waals surface area contributed by atoms with Crippen LogP contribution in [-0.2, 0) is 6.54 Å². The number of fused-ring (bicyclic) bond motifs is 1. The molecule has 1 aromatic carbocycles. The summed E-state index contributed by atoms with van der Waals surface area (Å²) in [4.78, 5) is 10.9. The van der Waals surface area contributed by atoms with E-state index in [1.807, 2.05) is 24.4 Å². The molecule has 0 aromatic heterocycles. The predicted octanol–water partition coefficient (Wildman–Crippen LogP) is 0.859. The summed E-state index contributed by atoms with van der Waals surface area (Å²) in [5.41, 5.74) is 7.99. The van der Waals surface area contributed by atoms with Crippen molar-refractivity contribution in [3.63, 3.8) is 0 Å². The first-order valence-corrected chi connectivity index (χ1v) is 4.10. The fourth-order valence-electron chi connectivity index (χ4n) is 1.39. The fraction of sp³-hybridized carbons (Fsp3) is 0.100. The molecule has 0 saturated heterocycles. The average molecular weight is 176 g/mol. The zero-order chi connectivity index (χ0) is 9.26. The van der Waals surface area contributed by atoms with Gasteiger partial charge in [-0.25, -0.2) is 0 Å². The van der Waals surface area contributed by atoms with Crippen LogP contribution in [-0.4, -0.2) is 5.91 Å². The van der Waals surface area contributed by atoms with Crippen molar-refractivity contribution in [1.29, 1.82) is 0 Å². The Morgan fingerprint density at radius 2 is 2.31 bits per heavy atom. The first kappa shape index (κ1) is 7.86. The Balaban J connectivity index is 2.48. The Kier molecular flexibility index (Phi) is 1.77. The molecule has 1 aliphatic heterocycles. The molecular formula is C10H10N2O. The second-order valence-electron chi connectivity index (χ2n) is 2.99. The lowest BCUT2D eigenvalue weighted by molar-refractivity contribution is 0.1000. The number of carbonyl (C=O) groups excluding carboxylic acids is 1. The van der Waals surface area contributed by atoms with E-state index >= 15 is 0 Å². The minimum Gasteiger partial charge on any atom is -0.387 e. The first-order chi connectivity index (χ1) is 6.27. The molecule has 0 bridgehead atoms. The van der Waals surface area contributed by atoms with Gasteiger partial charge in [-0.15, -0.1) is 0 Å². The van der Waals surface area contributed by atoms with Crippen LogP contribution >= 0.6 is 0 Å². The fourth-order valence-corrected chi connectivity index (χ4v) is 1.39. The molecule has 3 heteroatoms. The van der Waals surface area contributed by atoms with Gasteiger partial charge in [0.2, 0.25) is 5.91 Å². The minimum absolute atomic E-state index is 0.377. The highest BCUT2D eigenvalue weighted by Crippen LogP contribution is 2.16. The molecule has 0 aliphatic carbocycles. The Bertz CT molecular complexity index is 383. The van der Waals surface area contributed by atoms with Crippen molar-refractivity contribution < 1.29 is 4.79 Å². The molecule has 0 unspecified atom stereocenters. The molecule has 0 fully saturated rings. The molecule has 0 radical (unpaired) electrons. The van der Waals surface area contributed by atoms with Crippen LogP contribution in [0, 0.1) is 0 Å². The quantitative estimate of drug-likeness (QED) is 0.666. The van der Waals surface area contributed by atoms with Gasteiger partial charge in [0, 0.05) is 12.1 Å². The topological polar surface area (TPSA) is 55.1 Å². The average Bonchev–Trinajstić information content (AvgIpc) is 2.17. The van der Waals surface area contributed by atoms with Gasteiger partial charge < -0.3 is 11.1 Å². The maximum atomic E-state index is 10.9. The summed E-state index contributed by atoms with van der Waals surface area (Å²) in [5, 5.41) is 3.07. The number of nitrogens with two attached hydrogens (primary N) is 1. The van der Waals surface area contributed by atoms with Gasteiger partial charge in [-0.3, -0.25) is 4.79 Å². The summed E-state index contributed by atoms with van der Waals surface area (Å²) in [6.45, 7) is 0.757. The first-order valence-electron chi connectivity index (χ1n) is 4.10. The molecule has 1 aliphatic rings. The second-order valence-corrected chi connectivity index (χ2v) is 2.99. The Labute approximate surface area is 76.2 Å². The van der Waals surface area contributed by atoms with E-state index < -0.39 is 0 Å². The van der Waals surface area contributed by atoms with E-state index in [4.69, 9.17) is 5.73 Å². The molecule has 0 spiro atoms. The van der Waals surface area contributed by atoms with Crippen LogP contribution in [0.4, 0.5) is 0 Å². The van der Waals surface area contributed by atoms with Crippen molar-refractivity contribution in [3.05, 3.63) is 41.1 Å². The summed E-state index contributed by atoms with van der Waals surface area (Å²) < 4.78 is 0. The van der Waals surface area contributed by atoms with E-state index in [9.17, 15) is 4.79 Å². The maximum Gasteiger partial charge on any atom is 0.248 e. The standard InChI is InChI=1S/C10H10N2O/c11-10(13)8-2-1-7-3-4-12-6-9(7)5-8/h1-5,12H,6H2,(H2,11,13)/i12+2. The molecule has 1 heterocycles. The third kappa shape index (κ3) is 1.40. The highest BCUT2D eigenvalue weighted by atomic mass is 16.5. The van der Waals surface area contributed by atoms with E-state index in [1.54, 1.807) is 6.07 Å². The summed E-state index contributed by atoms with van der Waals surface area (Å²) in [5.74, 6) is -0.377. The number of amides is 1. The lowest BCUT2D eigenvalue weighted by Crippen LogP contribution is -2.14.